The van der Waals surface area contributed by atoms with Gasteiger partial charge < -0.3 is 19.3 Å². The first-order valence-electron chi connectivity index (χ1n) is 12.9. The van der Waals surface area contributed by atoms with E-state index in [1.54, 1.807) is 29.3 Å². The average Bonchev–Trinajstić information content (AvgIpc) is 2.92. The molecule has 0 radical (unpaired) electrons. The first kappa shape index (κ1) is 26.5. The molecule has 0 atom stereocenters. The summed E-state index contributed by atoms with van der Waals surface area (Å²) < 4.78 is 41.7. The summed E-state index contributed by atoms with van der Waals surface area (Å²) in [5, 5.41) is 1.85. The molecule has 0 N–H and O–H groups in total. The Morgan fingerprint density at radius 2 is 1.79 bits per heavy atom. The Hall–Kier alpha value is -4.08. The van der Waals surface area contributed by atoms with Gasteiger partial charge in [0.1, 0.15) is 28.4 Å². The summed E-state index contributed by atoms with van der Waals surface area (Å²) in [6, 6.07) is 8.55. The topological polar surface area (TPSA) is 80.7 Å². The van der Waals surface area contributed by atoms with Crippen molar-refractivity contribution in [3.05, 3.63) is 53.7 Å². The van der Waals surface area contributed by atoms with E-state index in [0.717, 1.165) is 5.39 Å². The van der Waals surface area contributed by atoms with E-state index in [0.29, 0.717) is 60.3 Å². The van der Waals surface area contributed by atoms with Crippen molar-refractivity contribution in [3.8, 4) is 17.3 Å². The van der Waals surface area contributed by atoms with Gasteiger partial charge in [-0.15, -0.1) is 0 Å². The highest BCUT2D eigenvalue weighted by atomic mass is 19.1. The van der Waals surface area contributed by atoms with Crippen LogP contribution in [0.15, 0.2) is 36.5 Å². The van der Waals surface area contributed by atoms with Gasteiger partial charge in [-0.25, -0.2) is 13.6 Å². The largest absolute Gasteiger partial charge is 0.467 e. The van der Waals surface area contributed by atoms with Gasteiger partial charge in [0.15, 0.2) is 5.82 Å². The number of hydrogen-bond acceptors (Lipinski definition) is 7. The van der Waals surface area contributed by atoms with E-state index in [4.69, 9.17) is 9.47 Å². The van der Waals surface area contributed by atoms with Gasteiger partial charge in [-0.05, 0) is 49.6 Å². The van der Waals surface area contributed by atoms with Crippen LogP contribution in [-0.2, 0) is 11.2 Å². The van der Waals surface area contributed by atoms with Gasteiger partial charge >= 0.3 is 12.1 Å². The normalized spacial score (nSPS) is 14.2. The Morgan fingerprint density at radius 1 is 1.05 bits per heavy atom. The molecule has 0 saturated carbocycles. The number of anilines is 1. The zero-order valence-electron chi connectivity index (χ0n) is 22.7. The van der Waals surface area contributed by atoms with E-state index in [-0.39, 0.29) is 29.1 Å². The molecular formula is C29H31F2N5O3. The van der Waals surface area contributed by atoms with Crippen LogP contribution in [0, 0.1) is 11.6 Å². The molecule has 1 aliphatic rings. The molecule has 5 rings (SSSR count). The molecule has 2 aromatic heterocycles. The fourth-order valence-electron chi connectivity index (χ4n) is 4.94. The zero-order chi connectivity index (χ0) is 27.9. The maximum atomic E-state index is 16.2. The maximum Gasteiger partial charge on any atom is 0.410 e. The molecule has 8 nitrogen and oxygen atoms in total. The van der Waals surface area contributed by atoms with Gasteiger partial charge in [0, 0.05) is 37.9 Å². The number of ether oxygens (including phenoxy) is 2. The van der Waals surface area contributed by atoms with Crippen molar-refractivity contribution in [2.45, 2.75) is 39.7 Å². The Bertz CT molecular complexity index is 1560. The smallest absolute Gasteiger partial charge is 0.410 e. The van der Waals surface area contributed by atoms with Crippen molar-refractivity contribution in [3.63, 3.8) is 0 Å². The quantitative estimate of drug-likeness (QED) is 0.329. The summed E-state index contributed by atoms with van der Waals surface area (Å²) in [6.45, 7) is 9.10. The molecule has 0 bridgehead atoms. The molecule has 1 aliphatic heterocycles. The van der Waals surface area contributed by atoms with Crippen LogP contribution in [0.1, 0.15) is 33.3 Å². The molecule has 0 unspecified atom stereocenters. The van der Waals surface area contributed by atoms with Crippen molar-refractivity contribution in [1.29, 1.82) is 0 Å². The lowest BCUT2D eigenvalue weighted by molar-refractivity contribution is 0.0240. The van der Waals surface area contributed by atoms with Crippen LogP contribution in [0.25, 0.3) is 32.9 Å². The Morgan fingerprint density at radius 3 is 2.46 bits per heavy atom. The zero-order valence-corrected chi connectivity index (χ0v) is 22.7. The van der Waals surface area contributed by atoms with Crippen molar-refractivity contribution >= 4 is 33.6 Å². The lowest BCUT2D eigenvalue weighted by Crippen LogP contribution is -2.50. The molecule has 0 spiro atoms. The maximum absolute atomic E-state index is 16.2. The van der Waals surface area contributed by atoms with Crippen LogP contribution in [0.4, 0.5) is 19.4 Å². The molecule has 1 fully saturated rings. The second-order valence-corrected chi connectivity index (χ2v) is 10.5. The van der Waals surface area contributed by atoms with Crippen LogP contribution >= 0.6 is 0 Å². The molecule has 0 aliphatic carbocycles. The van der Waals surface area contributed by atoms with E-state index in [1.165, 1.54) is 13.2 Å². The predicted octanol–water partition coefficient (Wildman–Crippen LogP) is 5.75. The summed E-state index contributed by atoms with van der Waals surface area (Å²) in [5.41, 5.74) is 0.554. The summed E-state index contributed by atoms with van der Waals surface area (Å²) in [6.07, 6.45) is 1.62. The first-order valence-corrected chi connectivity index (χ1v) is 12.9. The third-order valence-electron chi connectivity index (χ3n) is 6.76. The lowest BCUT2D eigenvalue weighted by Gasteiger charge is -2.36. The second kappa shape index (κ2) is 10.2. The Kier molecular flexibility index (Phi) is 6.96. The number of amides is 1. The average molecular weight is 536 g/mol. The standard InChI is InChI=1S/C29H31F2N5O3/c1-6-18-21(30)11-10-17-8-7-9-19(22(17)18)24-23(31)25-20(16-32-24)26(34-27(33-25)38-5)35-12-14-36(15-13-35)28(37)39-29(2,3)4/h7-11,16H,6,12-15H2,1-5H3. The highest BCUT2D eigenvalue weighted by Crippen LogP contribution is 2.37. The highest BCUT2D eigenvalue weighted by molar-refractivity contribution is 6.00. The SMILES string of the molecule is CCc1c(F)ccc2cccc(-c3ncc4c(N5CCN(C(=O)OC(C)(C)C)CC5)nc(OC)nc4c3F)c12. The number of hydrogen-bond donors (Lipinski definition) is 0. The minimum atomic E-state index is -0.638. The number of methoxy groups -OCH3 is 1. The number of pyridine rings is 1. The van der Waals surface area contributed by atoms with Gasteiger partial charge in [-0.3, -0.25) is 4.98 Å². The number of carbonyl (C=O) groups excluding carboxylic acids is 1. The number of nitrogens with zero attached hydrogens (tertiary/aromatic N) is 5. The summed E-state index contributed by atoms with van der Waals surface area (Å²) in [5.74, 6) is -0.507. The van der Waals surface area contributed by atoms with Crippen molar-refractivity contribution in [2.75, 3.05) is 38.2 Å². The fraction of sp³-hybridized carbons (Fsp3) is 0.379. The van der Waals surface area contributed by atoms with Crippen LogP contribution in [0.3, 0.4) is 0 Å². The first-order chi connectivity index (χ1) is 18.6. The summed E-state index contributed by atoms with van der Waals surface area (Å²) in [4.78, 5) is 29.4. The van der Waals surface area contributed by atoms with Crippen LogP contribution in [0.2, 0.25) is 0 Å². The number of piperazine rings is 1. The molecule has 2 aromatic carbocycles. The van der Waals surface area contributed by atoms with E-state index in [1.807, 2.05) is 38.7 Å². The van der Waals surface area contributed by atoms with Crippen LogP contribution < -0.4 is 9.64 Å². The van der Waals surface area contributed by atoms with Crippen molar-refractivity contribution in [1.82, 2.24) is 19.9 Å². The number of carbonyl (C=O) groups is 1. The number of fused-ring (bicyclic) bond motifs is 2. The number of halogens is 2. The molecule has 1 saturated heterocycles. The van der Waals surface area contributed by atoms with Crippen LogP contribution in [-0.4, -0.2) is 64.8 Å². The van der Waals surface area contributed by atoms with Crippen molar-refractivity contribution in [2.24, 2.45) is 0 Å². The predicted molar refractivity (Wildman–Crippen MR) is 146 cm³/mol. The van der Waals surface area contributed by atoms with Gasteiger partial charge in [0.25, 0.3) is 0 Å². The molecule has 1 amide bonds. The Labute approximate surface area is 225 Å². The third kappa shape index (κ3) is 5.03. The van der Waals surface area contributed by atoms with Gasteiger partial charge in [-0.1, -0.05) is 31.2 Å². The molecule has 204 valence electrons. The van der Waals surface area contributed by atoms with E-state index in [2.05, 4.69) is 15.0 Å². The van der Waals surface area contributed by atoms with E-state index in [9.17, 15) is 9.18 Å². The van der Waals surface area contributed by atoms with E-state index >= 15 is 4.39 Å². The van der Waals surface area contributed by atoms with E-state index < -0.39 is 11.4 Å². The Balaban J connectivity index is 1.56. The number of benzene rings is 2. The van der Waals surface area contributed by atoms with Gasteiger partial charge in [0.2, 0.25) is 0 Å². The highest BCUT2D eigenvalue weighted by Gasteiger charge is 2.28. The minimum Gasteiger partial charge on any atom is -0.467 e. The second-order valence-electron chi connectivity index (χ2n) is 10.5. The van der Waals surface area contributed by atoms with Gasteiger partial charge in [0.05, 0.1) is 12.5 Å². The van der Waals surface area contributed by atoms with Crippen molar-refractivity contribution < 1.29 is 23.0 Å². The number of aromatic nitrogens is 3. The molecule has 4 aromatic rings. The molecule has 3 heterocycles. The lowest BCUT2D eigenvalue weighted by atomic mass is 9.95. The molecular weight excluding hydrogens is 504 g/mol. The summed E-state index contributed by atoms with van der Waals surface area (Å²) in [7, 11) is 1.42. The number of aryl methyl sites for hydroxylation is 1. The van der Waals surface area contributed by atoms with Crippen LogP contribution in [0.5, 0.6) is 6.01 Å². The molecule has 10 heteroatoms. The molecule has 39 heavy (non-hydrogen) atoms. The minimum absolute atomic E-state index is 0.0151. The summed E-state index contributed by atoms with van der Waals surface area (Å²) >= 11 is 0. The van der Waals surface area contributed by atoms with Gasteiger partial charge in [-0.2, -0.15) is 9.97 Å². The monoisotopic (exact) mass is 535 g/mol. The number of rotatable bonds is 4. The fourth-order valence-corrected chi connectivity index (χ4v) is 4.94. The third-order valence-corrected chi connectivity index (χ3v) is 6.76.